The van der Waals surface area contributed by atoms with E-state index in [1.807, 2.05) is 38.1 Å². The van der Waals surface area contributed by atoms with Crippen LogP contribution in [0.25, 0.3) is 10.9 Å². The standard InChI is InChI=1S/C18H15Cl2N3OS/c1-10(17(24)23-16-13(19)7-5-8-14(16)20)25-18-12-6-3-4-9-15(12)21-11(2)22-18/h3-10H,1-2H3,(H,23,24)/t10-/m0/s1. The van der Waals surface area contributed by atoms with Gasteiger partial charge >= 0.3 is 0 Å². The van der Waals surface area contributed by atoms with Gasteiger partial charge in [0.05, 0.1) is 26.5 Å². The molecular formula is C18H15Cl2N3OS. The summed E-state index contributed by atoms with van der Waals surface area (Å²) < 4.78 is 0. The molecule has 128 valence electrons. The van der Waals surface area contributed by atoms with E-state index in [1.54, 1.807) is 18.2 Å². The quantitative estimate of drug-likeness (QED) is 0.480. The summed E-state index contributed by atoms with van der Waals surface area (Å²) in [5.74, 6) is 0.475. The Morgan fingerprint density at radius 2 is 1.76 bits per heavy atom. The molecule has 1 heterocycles. The molecule has 7 heteroatoms. The van der Waals surface area contributed by atoms with E-state index in [4.69, 9.17) is 23.2 Å². The Labute approximate surface area is 160 Å². The van der Waals surface area contributed by atoms with Crippen LogP contribution in [0.1, 0.15) is 12.7 Å². The summed E-state index contributed by atoms with van der Waals surface area (Å²) in [7, 11) is 0. The fraction of sp³-hybridized carbons (Fsp3) is 0.167. The van der Waals surface area contributed by atoms with Gasteiger partial charge in [-0.3, -0.25) is 4.79 Å². The average molecular weight is 392 g/mol. The van der Waals surface area contributed by atoms with E-state index in [9.17, 15) is 4.79 Å². The predicted octanol–water partition coefficient (Wildman–Crippen LogP) is 5.36. The lowest BCUT2D eigenvalue weighted by molar-refractivity contribution is -0.115. The minimum atomic E-state index is -0.384. The summed E-state index contributed by atoms with van der Waals surface area (Å²) in [5.41, 5.74) is 1.28. The molecule has 2 aromatic carbocycles. The van der Waals surface area contributed by atoms with E-state index < -0.39 is 0 Å². The van der Waals surface area contributed by atoms with Gasteiger partial charge in [-0.05, 0) is 32.0 Å². The first-order chi connectivity index (χ1) is 12.0. The van der Waals surface area contributed by atoms with Crippen molar-refractivity contribution in [1.29, 1.82) is 0 Å². The van der Waals surface area contributed by atoms with E-state index in [-0.39, 0.29) is 11.2 Å². The molecule has 0 aliphatic rings. The van der Waals surface area contributed by atoms with Crippen LogP contribution in [0.4, 0.5) is 5.69 Å². The highest BCUT2D eigenvalue weighted by atomic mass is 35.5. The maximum Gasteiger partial charge on any atom is 0.237 e. The molecule has 0 saturated heterocycles. The SMILES string of the molecule is Cc1nc(S[C@@H](C)C(=O)Nc2c(Cl)cccc2Cl)c2ccccc2n1. The van der Waals surface area contributed by atoms with Crippen LogP contribution in [0.15, 0.2) is 47.5 Å². The van der Waals surface area contributed by atoms with Crippen LogP contribution < -0.4 is 5.32 Å². The smallest absolute Gasteiger partial charge is 0.237 e. The largest absolute Gasteiger partial charge is 0.323 e. The number of halogens is 2. The summed E-state index contributed by atoms with van der Waals surface area (Å²) >= 11 is 13.6. The number of hydrogen-bond acceptors (Lipinski definition) is 4. The third-order valence-electron chi connectivity index (χ3n) is 3.55. The highest BCUT2D eigenvalue weighted by Gasteiger charge is 2.19. The van der Waals surface area contributed by atoms with Crippen molar-refractivity contribution in [3.8, 4) is 0 Å². The Morgan fingerprint density at radius 1 is 1.08 bits per heavy atom. The molecule has 3 aromatic rings. The van der Waals surface area contributed by atoms with Crippen molar-refractivity contribution >= 4 is 57.5 Å². The summed E-state index contributed by atoms with van der Waals surface area (Å²) in [5, 5.41) is 4.92. The van der Waals surface area contributed by atoms with Gasteiger partial charge in [0.2, 0.25) is 5.91 Å². The molecule has 0 fully saturated rings. The van der Waals surface area contributed by atoms with Crippen LogP contribution in [0, 0.1) is 6.92 Å². The van der Waals surface area contributed by atoms with Gasteiger partial charge in [0.1, 0.15) is 10.9 Å². The van der Waals surface area contributed by atoms with Crippen molar-refractivity contribution in [2.45, 2.75) is 24.1 Å². The minimum Gasteiger partial charge on any atom is -0.323 e. The number of anilines is 1. The molecule has 4 nitrogen and oxygen atoms in total. The molecule has 0 saturated carbocycles. The number of aryl methyl sites for hydroxylation is 1. The summed E-state index contributed by atoms with van der Waals surface area (Å²) in [6, 6.07) is 12.8. The van der Waals surface area contributed by atoms with Gasteiger partial charge in [0, 0.05) is 5.39 Å². The van der Waals surface area contributed by atoms with Gasteiger partial charge in [-0.2, -0.15) is 0 Å². The number of aromatic nitrogens is 2. The molecule has 0 aliphatic carbocycles. The van der Waals surface area contributed by atoms with Crippen molar-refractivity contribution in [2.75, 3.05) is 5.32 Å². The Hall–Kier alpha value is -1.82. The van der Waals surface area contributed by atoms with Gasteiger partial charge in [0.25, 0.3) is 0 Å². The molecule has 1 atom stereocenters. The van der Waals surface area contributed by atoms with E-state index in [2.05, 4.69) is 15.3 Å². The van der Waals surface area contributed by atoms with E-state index in [0.717, 1.165) is 15.9 Å². The van der Waals surface area contributed by atoms with E-state index >= 15 is 0 Å². The Bertz CT molecular complexity index is 929. The second-order valence-electron chi connectivity index (χ2n) is 5.44. The fourth-order valence-electron chi connectivity index (χ4n) is 2.31. The summed E-state index contributed by atoms with van der Waals surface area (Å²) in [6.07, 6.45) is 0. The third-order valence-corrected chi connectivity index (χ3v) is 5.28. The Kier molecular flexibility index (Phi) is 5.47. The molecule has 1 amide bonds. The second-order valence-corrected chi connectivity index (χ2v) is 7.58. The van der Waals surface area contributed by atoms with Gasteiger partial charge < -0.3 is 5.32 Å². The van der Waals surface area contributed by atoms with Crippen LogP contribution in [0.2, 0.25) is 10.0 Å². The Balaban J connectivity index is 1.83. The maximum atomic E-state index is 12.5. The normalized spacial score (nSPS) is 12.2. The molecule has 0 unspecified atom stereocenters. The van der Waals surface area contributed by atoms with Crippen molar-refractivity contribution in [3.63, 3.8) is 0 Å². The zero-order chi connectivity index (χ0) is 18.0. The molecule has 3 rings (SSSR count). The highest BCUT2D eigenvalue weighted by molar-refractivity contribution is 8.00. The van der Waals surface area contributed by atoms with Crippen molar-refractivity contribution in [3.05, 3.63) is 58.3 Å². The van der Waals surface area contributed by atoms with Crippen LogP contribution in [0.5, 0.6) is 0 Å². The van der Waals surface area contributed by atoms with Crippen LogP contribution >= 0.6 is 35.0 Å². The lowest BCUT2D eigenvalue weighted by Crippen LogP contribution is -2.23. The number of para-hydroxylation sites is 2. The predicted molar refractivity (Wildman–Crippen MR) is 105 cm³/mol. The number of amides is 1. The first-order valence-electron chi connectivity index (χ1n) is 7.60. The monoisotopic (exact) mass is 391 g/mol. The number of benzene rings is 2. The van der Waals surface area contributed by atoms with Crippen molar-refractivity contribution in [1.82, 2.24) is 9.97 Å². The second kappa shape index (κ2) is 7.60. The van der Waals surface area contributed by atoms with Crippen LogP contribution in [0.3, 0.4) is 0 Å². The average Bonchev–Trinajstić information content (AvgIpc) is 2.58. The van der Waals surface area contributed by atoms with Crippen LogP contribution in [-0.4, -0.2) is 21.1 Å². The number of nitrogens with zero attached hydrogens (tertiary/aromatic N) is 2. The maximum absolute atomic E-state index is 12.5. The number of carbonyl (C=O) groups is 1. The van der Waals surface area contributed by atoms with E-state index in [0.29, 0.717) is 21.6 Å². The minimum absolute atomic E-state index is 0.194. The lowest BCUT2D eigenvalue weighted by atomic mass is 10.2. The van der Waals surface area contributed by atoms with Gasteiger partial charge in [-0.15, -0.1) is 0 Å². The summed E-state index contributed by atoms with van der Waals surface area (Å²) in [4.78, 5) is 21.5. The zero-order valence-electron chi connectivity index (χ0n) is 13.6. The summed E-state index contributed by atoms with van der Waals surface area (Å²) in [6.45, 7) is 3.65. The van der Waals surface area contributed by atoms with Crippen LogP contribution in [-0.2, 0) is 4.79 Å². The van der Waals surface area contributed by atoms with Gasteiger partial charge in [-0.25, -0.2) is 9.97 Å². The number of fused-ring (bicyclic) bond motifs is 1. The van der Waals surface area contributed by atoms with Gasteiger partial charge in [0.15, 0.2) is 0 Å². The molecule has 0 bridgehead atoms. The number of nitrogens with one attached hydrogen (secondary N) is 1. The number of carbonyl (C=O) groups excluding carboxylic acids is 1. The molecule has 0 radical (unpaired) electrons. The highest BCUT2D eigenvalue weighted by Crippen LogP contribution is 2.32. The lowest BCUT2D eigenvalue weighted by Gasteiger charge is -2.14. The van der Waals surface area contributed by atoms with E-state index in [1.165, 1.54) is 11.8 Å². The molecule has 0 spiro atoms. The fourth-order valence-corrected chi connectivity index (χ4v) is 3.79. The zero-order valence-corrected chi connectivity index (χ0v) is 15.9. The first-order valence-corrected chi connectivity index (χ1v) is 9.24. The third kappa shape index (κ3) is 4.06. The van der Waals surface area contributed by atoms with Crippen molar-refractivity contribution in [2.24, 2.45) is 0 Å². The molecule has 1 aromatic heterocycles. The Morgan fingerprint density at radius 3 is 2.48 bits per heavy atom. The van der Waals surface area contributed by atoms with Gasteiger partial charge in [-0.1, -0.05) is 59.2 Å². The topological polar surface area (TPSA) is 54.9 Å². The first kappa shape index (κ1) is 18.0. The molecule has 1 N–H and O–H groups in total. The molecule has 0 aliphatic heterocycles. The number of rotatable bonds is 4. The number of thioether (sulfide) groups is 1. The molecule has 25 heavy (non-hydrogen) atoms. The molecular weight excluding hydrogens is 377 g/mol. The number of hydrogen-bond donors (Lipinski definition) is 1. The van der Waals surface area contributed by atoms with Crippen molar-refractivity contribution < 1.29 is 4.79 Å².